The van der Waals surface area contributed by atoms with Crippen LogP contribution < -0.4 is 4.74 Å². The van der Waals surface area contributed by atoms with Gasteiger partial charge in [0, 0.05) is 37.8 Å². The van der Waals surface area contributed by atoms with Crippen LogP contribution in [0.5, 0.6) is 11.5 Å². The molecule has 1 N–H and O–H groups in total. The molecule has 0 radical (unpaired) electrons. The monoisotopic (exact) mass is 625 g/mol. The molecule has 8 nitrogen and oxygen atoms in total. The van der Waals surface area contributed by atoms with E-state index in [0.29, 0.717) is 24.6 Å². The average Bonchev–Trinajstić information content (AvgIpc) is 3.23. The van der Waals surface area contributed by atoms with Crippen LogP contribution in [0.2, 0.25) is 0 Å². The second-order valence-corrected chi connectivity index (χ2v) is 15.1. The summed E-state index contributed by atoms with van der Waals surface area (Å²) in [4.78, 5) is 16.4. The third-order valence-electron chi connectivity index (χ3n) is 7.68. The smallest absolute Gasteiger partial charge is 0.322 e. The molecule has 1 unspecified atom stereocenters. The second-order valence-electron chi connectivity index (χ2n) is 13.1. The van der Waals surface area contributed by atoms with Crippen LogP contribution >= 0.6 is 0 Å². The first-order valence-electron chi connectivity index (χ1n) is 14.9. The van der Waals surface area contributed by atoms with Crippen LogP contribution in [0.15, 0.2) is 72.8 Å². The molecule has 3 aromatic carbocycles. The Labute approximate surface area is 261 Å². The molecule has 1 aliphatic heterocycles. The number of benzene rings is 3. The fourth-order valence-electron chi connectivity index (χ4n) is 5.75. The largest absolute Gasteiger partial charge is 0.480 e. The molecule has 1 saturated heterocycles. The summed E-state index contributed by atoms with van der Waals surface area (Å²) in [5, 5.41) is 9.62. The number of ether oxygens (including phenoxy) is 1. The zero-order chi connectivity index (χ0) is 32.1. The van der Waals surface area contributed by atoms with Gasteiger partial charge in [0.05, 0.1) is 5.75 Å². The summed E-state index contributed by atoms with van der Waals surface area (Å²) in [5.74, 6) is -0.363. The minimum atomic E-state index is -3.63. The highest BCUT2D eigenvalue weighted by molar-refractivity contribution is 7.89. The molecule has 1 heterocycles. The van der Waals surface area contributed by atoms with Crippen molar-refractivity contribution in [3.8, 4) is 11.5 Å². The van der Waals surface area contributed by atoms with Crippen molar-refractivity contribution in [2.75, 3.05) is 26.4 Å². The summed E-state index contributed by atoms with van der Waals surface area (Å²) in [5.41, 5.74) is 2.79. The third kappa shape index (κ3) is 9.34. The minimum Gasteiger partial charge on any atom is -0.480 e. The molecule has 0 aromatic heterocycles. The molecular formula is C34H44FN3O5S. The van der Waals surface area contributed by atoms with E-state index in [1.54, 1.807) is 12.1 Å². The number of hydrogen-bond donors (Lipinski definition) is 1. The van der Waals surface area contributed by atoms with Crippen LogP contribution in [0, 0.1) is 11.2 Å². The number of rotatable bonds is 13. The van der Waals surface area contributed by atoms with Crippen molar-refractivity contribution in [3.63, 3.8) is 0 Å². The molecule has 10 heteroatoms. The van der Waals surface area contributed by atoms with Gasteiger partial charge in [0.15, 0.2) is 0 Å². The number of carbonyl (C=O) groups is 1. The fraction of sp³-hybridized carbons (Fsp3) is 0.441. The number of carboxylic acid groups (broad SMARTS) is 1. The first-order chi connectivity index (χ1) is 20.7. The van der Waals surface area contributed by atoms with Gasteiger partial charge in [-0.3, -0.25) is 9.69 Å². The molecular weight excluding hydrogens is 581 g/mol. The van der Waals surface area contributed by atoms with E-state index in [9.17, 15) is 22.7 Å². The van der Waals surface area contributed by atoms with Gasteiger partial charge in [0.2, 0.25) is 10.0 Å². The molecule has 238 valence electrons. The van der Waals surface area contributed by atoms with E-state index >= 15 is 0 Å². The van der Waals surface area contributed by atoms with Gasteiger partial charge >= 0.3 is 5.97 Å². The first-order valence-corrected chi connectivity index (χ1v) is 16.5. The number of nitrogens with zero attached hydrogens (tertiary/aromatic N) is 3. The Kier molecular flexibility index (Phi) is 10.8. The Balaban J connectivity index is 1.65. The van der Waals surface area contributed by atoms with Gasteiger partial charge in [0.1, 0.15) is 23.4 Å². The van der Waals surface area contributed by atoms with Crippen LogP contribution in [0.3, 0.4) is 0 Å². The van der Waals surface area contributed by atoms with E-state index < -0.39 is 22.0 Å². The summed E-state index contributed by atoms with van der Waals surface area (Å²) in [6.45, 7) is 8.70. The topological polar surface area (TPSA) is 90.4 Å². The Morgan fingerprint density at radius 2 is 1.70 bits per heavy atom. The number of aliphatic carboxylic acids is 1. The van der Waals surface area contributed by atoms with Crippen molar-refractivity contribution in [2.45, 2.75) is 65.3 Å². The number of halogens is 1. The van der Waals surface area contributed by atoms with Crippen LogP contribution in [-0.4, -0.2) is 72.1 Å². The maximum absolute atomic E-state index is 13.5. The van der Waals surface area contributed by atoms with Crippen molar-refractivity contribution in [2.24, 2.45) is 5.41 Å². The van der Waals surface area contributed by atoms with Crippen LogP contribution in [0.4, 0.5) is 4.39 Å². The Hall–Kier alpha value is -3.31. The normalized spacial score (nSPS) is 17.7. The Morgan fingerprint density at radius 3 is 2.36 bits per heavy atom. The second kappa shape index (κ2) is 14.2. The molecule has 2 atom stereocenters. The molecule has 1 aliphatic rings. The molecule has 3 aromatic rings. The lowest BCUT2D eigenvalue weighted by molar-refractivity contribution is -0.141. The zero-order valence-corrected chi connectivity index (χ0v) is 27.1. The van der Waals surface area contributed by atoms with Gasteiger partial charge in [-0.2, -0.15) is 4.31 Å². The number of sulfonamides is 1. The Morgan fingerprint density at radius 1 is 1.02 bits per heavy atom. The standard InChI is InChI=1S/C34H44FN3O5S/c1-34(2,3)20-29(24-36(4)5)37(23-27-11-6-7-12-32(27)43-30-15-13-28(35)14-16-30)21-25-9-8-10-26(19-25)22-38-31(33(39)40)17-18-44(38,41)42/h6-16,19,29,31H,17-18,20-24H2,1-5H3,(H,39,40)/t29-,31?/m0/s1. The molecule has 1 fully saturated rings. The lowest BCUT2D eigenvalue weighted by Gasteiger charge is -2.38. The minimum absolute atomic E-state index is 0.0185. The number of para-hydroxylation sites is 1. The highest BCUT2D eigenvalue weighted by Gasteiger charge is 2.41. The lowest BCUT2D eigenvalue weighted by atomic mass is 9.87. The summed E-state index contributed by atoms with van der Waals surface area (Å²) in [6.07, 6.45) is 1.02. The van der Waals surface area contributed by atoms with Gasteiger partial charge in [-0.05, 0) is 73.8 Å². The van der Waals surface area contributed by atoms with Crippen LogP contribution in [0.25, 0.3) is 0 Å². The van der Waals surface area contributed by atoms with E-state index in [1.165, 1.54) is 12.1 Å². The fourth-order valence-corrected chi connectivity index (χ4v) is 7.43. The predicted octanol–water partition coefficient (Wildman–Crippen LogP) is 5.98. The summed E-state index contributed by atoms with van der Waals surface area (Å²) in [6, 6.07) is 20.7. The molecule has 0 amide bonds. The maximum Gasteiger partial charge on any atom is 0.322 e. The van der Waals surface area contributed by atoms with E-state index in [-0.39, 0.29) is 36.0 Å². The molecule has 0 saturated carbocycles. The summed E-state index contributed by atoms with van der Waals surface area (Å²) >= 11 is 0. The van der Waals surface area contributed by atoms with Crippen molar-refractivity contribution in [1.82, 2.24) is 14.1 Å². The number of hydrogen-bond acceptors (Lipinski definition) is 6. The maximum atomic E-state index is 13.5. The van der Waals surface area contributed by atoms with E-state index in [2.05, 4.69) is 44.7 Å². The zero-order valence-electron chi connectivity index (χ0n) is 26.2. The predicted molar refractivity (Wildman–Crippen MR) is 170 cm³/mol. The lowest BCUT2D eigenvalue weighted by Crippen LogP contribution is -2.43. The van der Waals surface area contributed by atoms with Crippen LogP contribution in [-0.2, 0) is 34.5 Å². The van der Waals surface area contributed by atoms with Crippen molar-refractivity contribution in [3.05, 3.63) is 95.3 Å². The van der Waals surface area contributed by atoms with Crippen molar-refractivity contribution in [1.29, 1.82) is 0 Å². The van der Waals surface area contributed by atoms with Gasteiger partial charge in [0.25, 0.3) is 0 Å². The molecule has 44 heavy (non-hydrogen) atoms. The summed E-state index contributed by atoms with van der Waals surface area (Å²) < 4.78 is 46.2. The van der Waals surface area contributed by atoms with Crippen molar-refractivity contribution < 1.29 is 27.4 Å². The molecule has 0 bridgehead atoms. The van der Waals surface area contributed by atoms with Gasteiger partial charge in [-0.15, -0.1) is 0 Å². The van der Waals surface area contributed by atoms with Crippen LogP contribution in [0.1, 0.15) is 50.3 Å². The Bertz CT molecular complexity index is 1520. The molecule has 0 aliphatic carbocycles. The van der Waals surface area contributed by atoms with E-state index in [1.807, 2.05) is 48.5 Å². The van der Waals surface area contributed by atoms with Gasteiger partial charge in [-0.25, -0.2) is 12.8 Å². The highest BCUT2D eigenvalue weighted by Crippen LogP contribution is 2.31. The number of carboxylic acids is 1. The summed E-state index contributed by atoms with van der Waals surface area (Å²) in [7, 11) is 0.495. The quantitative estimate of drug-likeness (QED) is 0.250. The van der Waals surface area contributed by atoms with Gasteiger partial charge < -0.3 is 14.7 Å². The highest BCUT2D eigenvalue weighted by atomic mass is 32.2. The average molecular weight is 626 g/mol. The first kappa shape index (κ1) is 33.6. The van der Waals surface area contributed by atoms with Crippen molar-refractivity contribution >= 4 is 16.0 Å². The van der Waals surface area contributed by atoms with Gasteiger partial charge in [-0.1, -0.05) is 63.2 Å². The number of likely N-dealkylation sites (N-methyl/N-ethyl adjacent to an activating group) is 1. The van der Waals surface area contributed by atoms with E-state index in [4.69, 9.17) is 4.74 Å². The SMILES string of the molecule is CN(C)C[C@H](CC(C)(C)C)N(Cc1cccc(CN2C(C(=O)O)CCS2(=O)=O)c1)Cc1ccccc1Oc1ccc(F)cc1. The molecule has 0 spiro atoms. The third-order valence-corrected chi connectivity index (χ3v) is 9.53. The molecule has 4 rings (SSSR count). The van der Waals surface area contributed by atoms with E-state index in [0.717, 1.165) is 34.0 Å².